The van der Waals surface area contributed by atoms with Gasteiger partial charge in [0.1, 0.15) is 5.75 Å². The molecule has 0 bridgehead atoms. The molecule has 0 aliphatic heterocycles. The minimum atomic E-state index is -2.81. The summed E-state index contributed by atoms with van der Waals surface area (Å²) in [5.74, 6) is 0.129. The lowest BCUT2D eigenvalue weighted by Crippen LogP contribution is -2.11. The van der Waals surface area contributed by atoms with Crippen molar-refractivity contribution in [2.45, 2.75) is 26.0 Å². The molecule has 4 heteroatoms. The van der Waals surface area contributed by atoms with Gasteiger partial charge >= 0.3 is 6.61 Å². The summed E-state index contributed by atoms with van der Waals surface area (Å²) in [7, 11) is 0. The van der Waals surface area contributed by atoms with E-state index in [0.29, 0.717) is 6.42 Å². The van der Waals surface area contributed by atoms with E-state index in [1.54, 1.807) is 12.1 Å². The van der Waals surface area contributed by atoms with Crippen LogP contribution in [-0.2, 0) is 0 Å². The van der Waals surface area contributed by atoms with E-state index in [2.05, 4.69) is 11.3 Å². The minimum Gasteiger partial charge on any atom is -0.435 e. The van der Waals surface area contributed by atoms with Gasteiger partial charge in [0.15, 0.2) is 0 Å². The van der Waals surface area contributed by atoms with Gasteiger partial charge in [-0.2, -0.15) is 8.78 Å². The number of rotatable bonds is 5. The Morgan fingerprint density at radius 1 is 1.50 bits per heavy atom. The molecule has 0 aliphatic carbocycles. The second-order valence-electron chi connectivity index (χ2n) is 3.72. The van der Waals surface area contributed by atoms with Crippen LogP contribution in [-0.4, -0.2) is 6.61 Å². The molecule has 0 saturated heterocycles. The third-order valence-corrected chi connectivity index (χ3v) is 2.08. The van der Waals surface area contributed by atoms with Gasteiger partial charge in [-0.05, 0) is 31.0 Å². The number of hydrogen-bond acceptors (Lipinski definition) is 2. The lowest BCUT2D eigenvalue weighted by molar-refractivity contribution is -0.0498. The molecule has 0 unspecified atom stereocenters. The van der Waals surface area contributed by atoms with Gasteiger partial charge in [0, 0.05) is 6.04 Å². The number of ether oxygens (including phenoxy) is 1. The molecule has 0 aliphatic rings. The Bertz CT molecular complexity index is 366. The fourth-order valence-corrected chi connectivity index (χ4v) is 1.41. The van der Waals surface area contributed by atoms with Gasteiger partial charge in [-0.15, -0.1) is 6.58 Å². The first-order chi connectivity index (χ1) is 7.49. The Morgan fingerprint density at radius 2 is 2.19 bits per heavy atom. The predicted octanol–water partition coefficient (Wildman–Crippen LogP) is 3.25. The highest BCUT2D eigenvalue weighted by atomic mass is 19.3. The maximum Gasteiger partial charge on any atom is 0.387 e. The molecule has 0 amide bonds. The van der Waals surface area contributed by atoms with Crippen molar-refractivity contribution in [1.82, 2.24) is 0 Å². The minimum absolute atomic E-state index is 0.129. The van der Waals surface area contributed by atoms with E-state index >= 15 is 0 Å². The quantitative estimate of drug-likeness (QED) is 0.783. The molecule has 0 aromatic heterocycles. The first-order valence-electron chi connectivity index (χ1n) is 4.93. The van der Waals surface area contributed by atoms with E-state index in [-0.39, 0.29) is 11.8 Å². The maximum atomic E-state index is 12.0. The molecule has 1 aromatic rings. The fraction of sp³-hybridized carbons (Fsp3) is 0.333. The first kappa shape index (κ1) is 12.6. The summed E-state index contributed by atoms with van der Waals surface area (Å²) in [5, 5.41) is 0. The molecule has 88 valence electrons. The van der Waals surface area contributed by atoms with Crippen molar-refractivity contribution in [3.8, 4) is 5.75 Å². The van der Waals surface area contributed by atoms with Gasteiger partial charge in [-0.1, -0.05) is 17.7 Å². The van der Waals surface area contributed by atoms with Crippen LogP contribution in [0.15, 0.2) is 36.4 Å². The standard InChI is InChI=1S/C12H15F2NO/c1-8(2)6-11(15)9-4-3-5-10(7-9)16-12(13)14/h3-5,7,11-12H,1,6,15H2,2H3/t11-/m1/s1. The van der Waals surface area contributed by atoms with Crippen molar-refractivity contribution in [3.05, 3.63) is 42.0 Å². The summed E-state index contributed by atoms with van der Waals surface area (Å²) in [5.41, 5.74) is 7.61. The van der Waals surface area contributed by atoms with Crippen LogP contribution in [0.3, 0.4) is 0 Å². The molecule has 1 aromatic carbocycles. The van der Waals surface area contributed by atoms with Crippen LogP contribution in [0, 0.1) is 0 Å². The number of halogens is 2. The molecule has 0 spiro atoms. The number of benzene rings is 1. The highest BCUT2D eigenvalue weighted by Gasteiger charge is 2.09. The van der Waals surface area contributed by atoms with E-state index in [0.717, 1.165) is 11.1 Å². The molecule has 0 heterocycles. The largest absolute Gasteiger partial charge is 0.435 e. The SMILES string of the molecule is C=C(C)C[C@@H](N)c1cccc(OC(F)F)c1. The van der Waals surface area contributed by atoms with E-state index in [1.807, 2.05) is 6.92 Å². The number of hydrogen-bond donors (Lipinski definition) is 1. The zero-order chi connectivity index (χ0) is 12.1. The lowest BCUT2D eigenvalue weighted by Gasteiger charge is -2.13. The third-order valence-electron chi connectivity index (χ3n) is 2.08. The maximum absolute atomic E-state index is 12.0. The smallest absolute Gasteiger partial charge is 0.387 e. The number of alkyl halides is 2. The Morgan fingerprint density at radius 3 is 2.75 bits per heavy atom. The van der Waals surface area contributed by atoms with Crippen LogP contribution in [0.5, 0.6) is 5.75 Å². The van der Waals surface area contributed by atoms with E-state index < -0.39 is 6.61 Å². The number of nitrogens with two attached hydrogens (primary N) is 1. The average Bonchev–Trinajstić information content (AvgIpc) is 2.16. The van der Waals surface area contributed by atoms with Crippen molar-refractivity contribution >= 4 is 0 Å². The normalized spacial score (nSPS) is 12.6. The second-order valence-corrected chi connectivity index (χ2v) is 3.72. The second kappa shape index (κ2) is 5.61. The molecular weight excluding hydrogens is 212 g/mol. The van der Waals surface area contributed by atoms with Crippen LogP contribution in [0.1, 0.15) is 24.9 Å². The molecule has 16 heavy (non-hydrogen) atoms. The molecule has 1 rings (SSSR count). The average molecular weight is 227 g/mol. The molecule has 2 nitrogen and oxygen atoms in total. The van der Waals surface area contributed by atoms with Crippen LogP contribution in [0.2, 0.25) is 0 Å². The van der Waals surface area contributed by atoms with Crippen molar-refractivity contribution in [2.24, 2.45) is 5.73 Å². The zero-order valence-corrected chi connectivity index (χ0v) is 9.12. The summed E-state index contributed by atoms with van der Waals surface area (Å²) in [6, 6.07) is 6.19. The van der Waals surface area contributed by atoms with E-state index in [1.165, 1.54) is 12.1 Å². The molecule has 0 saturated carbocycles. The van der Waals surface area contributed by atoms with Crippen molar-refractivity contribution < 1.29 is 13.5 Å². The first-order valence-corrected chi connectivity index (χ1v) is 4.93. The molecule has 0 radical (unpaired) electrons. The Kier molecular flexibility index (Phi) is 4.43. The summed E-state index contributed by atoms with van der Waals surface area (Å²) >= 11 is 0. The summed E-state index contributed by atoms with van der Waals surface area (Å²) in [4.78, 5) is 0. The zero-order valence-electron chi connectivity index (χ0n) is 9.12. The highest BCUT2D eigenvalue weighted by Crippen LogP contribution is 2.22. The van der Waals surface area contributed by atoms with E-state index in [4.69, 9.17) is 5.73 Å². The van der Waals surface area contributed by atoms with Gasteiger partial charge in [-0.25, -0.2) is 0 Å². The van der Waals surface area contributed by atoms with Gasteiger partial charge in [0.25, 0.3) is 0 Å². The van der Waals surface area contributed by atoms with Crippen molar-refractivity contribution in [3.63, 3.8) is 0 Å². The van der Waals surface area contributed by atoms with Gasteiger partial charge in [0.2, 0.25) is 0 Å². The summed E-state index contributed by atoms with van der Waals surface area (Å²) < 4.78 is 28.3. The summed E-state index contributed by atoms with van der Waals surface area (Å²) in [6.07, 6.45) is 0.623. The summed E-state index contributed by atoms with van der Waals surface area (Å²) in [6.45, 7) is 2.82. The Labute approximate surface area is 93.7 Å². The molecule has 1 atom stereocenters. The van der Waals surface area contributed by atoms with E-state index in [9.17, 15) is 8.78 Å². The van der Waals surface area contributed by atoms with Crippen LogP contribution >= 0.6 is 0 Å². The lowest BCUT2D eigenvalue weighted by atomic mass is 10.0. The van der Waals surface area contributed by atoms with Gasteiger partial charge in [-0.3, -0.25) is 0 Å². The van der Waals surface area contributed by atoms with Crippen LogP contribution < -0.4 is 10.5 Å². The molecule has 0 fully saturated rings. The predicted molar refractivity (Wildman–Crippen MR) is 59.4 cm³/mol. The fourth-order valence-electron chi connectivity index (χ4n) is 1.41. The van der Waals surface area contributed by atoms with Crippen molar-refractivity contribution in [2.75, 3.05) is 0 Å². The molecular formula is C12H15F2NO. The van der Waals surface area contributed by atoms with Crippen LogP contribution in [0.25, 0.3) is 0 Å². The monoisotopic (exact) mass is 227 g/mol. The van der Waals surface area contributed by atoms with Crippen LogP contribution in [0.4, 0.5) is 8.78 Å². The Balaban J connectivity index is 2.77. The topological polar surface area (TPSA) is 35.2 Å². The van der Waals surface area contributed by atoms with Gasteiger partial charge < -0.3 is 10.5 Å². The Hall–Kier alpha value is -1.42. The van der Waals surface area contributed by atoms with Crippen molar-refractivity contribution in [1.29, 1.82) is 0 Å². The van der Waals surface area contributed by atoms with Gasteiger partial charge in [0.05, 0.1) is 0 Å². The highest BCUT2D eigenvalue weighted by molar-refractivity contribution is 5.31. The molecule has 2 N–H and O–H groups in total. The third kappa shape index (κ3) is 3.98.